The Balaban J connectivity index is 2.49. The molecule has 0 spiro atoms. The maximum atomic E-state index is 11.8. The van der Waals surface area contributed by atoms with Crippen LogP contribution in [0.1, 0.15) is 46.5 Å². The molecule has 0 aromatic carbocycles. The number of carbonyl (C=O) groups excluding carboxylic acids is 1. The summed E-state index contributed by atoms with van der Waals surface area (Å²) in [6.07, 6.45) is 4.23. The predicted molar refractivity (Wildman–Crippen MR) is 71.8 cm³/mol. The predicted octanol–water partition coefficient (Wildman–Crippen LogP) is 3.45. The Morgan fingerprint density at radius 3 is 2.56 bits per heavy atom. The number of rotatable bonds is 2. The van der Waals surface area contributed by atoms with Crippen molar-refractivity contribution in [3.05, 3.63) is 0 Å². The zero-order valence-electron chi connectivity index (χ0n) is 10.8. The van der Waals surface area contributed by atoms with Gasteiger partial charge < -0.3 is 4.90 Å². The standard InChI is InChI=1S/C13H24BrNO/c1-13(2,3)11-5-4-9-15(10-7-11)12(16)6-8-14/h11H,4-10H2,1-3H3. The number of halogens is 1. The molecule has 0 aromatic rings. The van der Waals surface area contributed by atoms with Gasteiger partial charge in [-0.3, -0.25) is 4.79 Å². The molecule has 1 fully saturated rings. The van der Waals surface area contributed by atoms with E-state index in [9.17, 15) is 4.79 Å². The maximum absolute atomic E-state index is 11.8. The van der Waals surface area contributed by atoms with E-state index in [4.69, 9.17) is 0 Å². The van der Waals surface area contributed by atoms with Crippen LogP contribution in [0.2, 0.25) is 0 Å². The lowest BCUT2D eigenvalue weighted by molar-refractivity contribution is -0.130. The zero-order valence-corrected chi connectivity index (χ0v) is 12.3. The third kappa shape index (κ3) is 4.08. The summed E-state index contributed by atoms with van der Waals surface area (Å²) in [5.74, 6) is 1.07. The Morgan fingerprint density at radius 1 is 1.31 bits per heavy atom. The second-order valence-corrected chi connectivity index (χ2v) is 6.61. The van der Waals surface area contributed by atoms with Crippen molar-refractivity contribution in [2.24, 2.45) is 11.3 Å². The highest BCUT2D eigenvalue weighted by Crippen LogP contribution is 2.34. The van der Waals surface area contributed by atoms with Crippen molar-refractivity contribution in [1.29, 1.82) is 0 Å². The average molecular weight is 290 g/mol. The highest BCUT2D eigenvalue weighted by molar-refractivity contribution is 9.09. The Hall–Kier alpha value is -0.0500. The molecule has 1 heterocycles. The number of amides is 1. The number of nitrogens with zero attached hydrogens (tertiary/aromatic N) is 1. The van der Waals surface area contributed by atoms with Crippen LogP contribution in [0.25, 0.3) is 0 Å². The number of carbonyl (C=O) groups is 1. The van der Waals surface area contributed by atoms with Gasteiger partial charge in [-0.2, -0.15) is 0 Å². The van der Waals surface area contributed by atoms with E-state index >= 15 is 0 Å². The van der Waals surface area contributed by atoms with Crippen LogP contribution in [0.15, 0.2) is 0 Å². The van der Waals surface area contributed by atoms with E-state index < -0.39 is 0 Å². The summed E-state index contributed by atoms with van der Waals surface area (Å²) in [6, 6.07) is 0. The molecule has 3 heteroatoms. The summed E-state index contributed by atoms with van der Waals surface area (Å²) in [4.78, 5) is 13.9. The zero-order chi connectivity index (χ0) is 12.2. The summed E-state index contributed by atoms with van der Waals surface area (Å²) >= 11 is 3.33. The first-order valence-electron chi connectivity index (χ1n) is 6.29. The summed E-state index contributed by atoms with van der Waals surface area (Å²) in [6.45, 7) is 8.85. The van der Waals surface area contributed by atoms with Crippen LogP contribution >= 0.6 is 15.9 Å². The second kappa shape index (κ2) is 6.04. The molecule has 0 aliphatic carbocycles. The van der Waals surface area contributed by atoms with Crippen LogP contribution in [-0.4, -0.2) is 29.2 Å². The minimum atomic E-state index is 0.312. The fraction of sp³-hybridized carbons (Fsp3) is 0.923. The van der Waals surface area contributed by atoms with Crippen LogP contribution in [0.4, 0.5) is 0 Å². The monoisotopic (exact) mass is 289 g/mol. The van der Waals surface area contributed by atoms with Crippen LogP contribution in [-0.2, 0) is 4.79 Å². The van der Waals surface area contributed by atoms with Crippen LogP contribution in [0.3, 0.4) is 0 Å². The van der Waals surface area contributed by atoms with Gasteiger partial charge in [0.1, 0.15) is 0 Å². The van der Waals surface area contributed by atoms with Gasteiger partial charge >= 0.3 is 0 Å². The molecule has 1 unspecified atom stereocenters. The first-order chi connectivity index (χ1) is 7.45. The fourth-order valence-corrected chi connectivity index (χ4v) is 2.79. The normalized spacial score (nSPS) is 23.0. The van der Waals surface area contributed by atoms with Gasteiger partial charge in [0.2, 0.25) is 5.91 Å². The van der Waals surface area contributed by atoms with Gasteiger partial charge in [-0.05, 0) is 30.6 Å². The number of hydrogen-bond acceptors (Lipinski definition) is 1. The first kappa shape index (κ1) is 14.0. The minimum absolute atomic E-state index is 0.312. The number of likely N-dealkylation sites (tertiary alicyclic amines) is 1. The van der Waals surface area contributed by atoms with Crippen molar-refractivity contribution < 1.29 is 4.79 Å². The van der Waals surface area contributed by atoms with Crippen molar-refractivity contribution >= 4 is 21.8 Å². The van der Waals surface area contributed by atoms with Gasteiger partial charge in [-0.1, -0.05) is 36.7 Å². The van der Waals surface area contributed by atoms with E-state index in [1.54, 1.807) is 0 Å². The molecule has 0 aromatic heterocycles. The van der Waals surface area contributed by atoms with Gasteiger partial charge in [0.25, 0.3) is 0 Å². The second-order valence-electron chi connectivity index (χ2n) is 5.81. The molecule has 1 saturated heterocycles. The lowest BCUT2D eigenvalue weighted by Crippen LogP contribution is -2.32. The highest BCUT2D eigenvalue weighted by Gasteiger charge is 2.28. The largest absolute Gasteiger partial charge is 0.343 e. The van der Waals surface area contributed by atoms with Crippen molar-refractivity contribution in [3.63, 3.8) is 0 Å². The molecule has 1 amide bonds. The molecule has 1 rings (SSSR count). The smallest absolute Gasteiger partial charge is 0.223 e. The molecule has 0 bridgehead atoms. The van der Waals surface area contributed by atoms with Crippen molar-refractivity contribution in [3.8, 4) is 0 Å². The summed E-state index contributed by atoms with van der Waals surface area (Å²) in [5.41, 5.74) is 0.383. The van der Waals surface area contributed by atoms with E-state index in [-0.39, 0.29) is 0 Å². The van der Waals surface area contributed by atoms with Crippen molar-refractivity contribution in [1.82, 2.24) is 4.90 Å². The summed E-state index contributed by atoms with van der Waals surface area (Å²) in [7, 11) is 0. The summed E-state index contributed by atoms with van der Waals surface area (Å²) in [5, 5.41) is 0.783. The third-order valence-electron chi connectivity index (χ3n) is 3.61. The van der Waals surface area contributed by atoms with Crippen molar-refractivity contribution in [2.45, 2.75) is 46.5 Å². The first-order valence-corrected chi connectivity index (χ1v) is 7.41. The Bertz CT molecular complexity index is 235. The lowest BCUT2D eigenvalue weighted by Gasteiger charge is -2.29. The number of alkyl halides is 1. The van der Waals surface area contributed by atoms with Crippen LogP contribution in [0, 0.1) is 11.3 Å². The van der Waals surface area contributed by atoms with E-state index in [1.807, 2.05) is 4.90 Å². The molecule has 0 radical (unpaired) electrons. The SMILES string of the molecule is CC(C)(C)C1CCCN(C(=O)CCBr)CC1. The van der Waals surface area contributed by atoms with E-state index in [2.05, 4.69) is 36.7 Å². The molecule has 1 aliphatic heterocycles. The Labute approximate surface area is 108 Å². The highest BCUT2D eigenvalue weighted by atomic mass is 79.9. The molecule has 0 N–H and O–H groups in total. The average Bonchev–Trinajstić information content (AvgIpc) is 2.41. The van der Waals surface area contributed by atoms with E-state index in [1.165, 1.54) is 6.42 Å². The van der Waals surface area contributed by atoms with Crippen molar-refractivity contribution in [2.75, 3.05) is 18.4 Å². The molecule has 1 atom stereocenters. The van der Waals surface area contributed by atoms with Gasteiger partial charge in [-0.25, -0.2) is 0 Å². The molecule has 16 heavy (non-hydrogen) atoms. The molecule has 0 saturated carbocycles. The van der Waals surface area contributed by atoms with Gasteiger partial charge in [0, 0.05) is 24.8 Å². The third-order valence-corrected chi connectivity index (χ3v) is 4.01. The lowest BCUT2D eigenvalue weighted by atomic mass is 9.77. The molecule has 2 nitrogen and oxygen atoms in total. The Kier molecular flexibility index (Phi) is 5.29. The van der Waals surface area contributed by atoms with E-state index in [0.29, 0.717) is 17.7 Å². The van der Waals surface area contributed by atoms with Gasteiger partial charge in [0.05, 0.1) is 0 Å². The van der Waals surface area contributed by atoms with Gasteiger partial charge in [-0.15, -0.1) is 0 Å². The fourth-order valence-electron chi connectivity index (χ4n) is 2.45. The number of hydrogen-bond donors (Lipinski definition) is 0. The summed E-state index contributed by atoms with van der Waals surface area (Å²) < 4.78 is 0. The van der Waals surface area contributed by atoms with Crippen LogP contribution < -0.4 is 0 Å². The minimum Gasteiger partial charge on any atom is -0.343 e. The molecule has 1 aliphatic rings. The maximum Gasteiger partial charge on any atom is 0.223 e. The van der Waals surface area contributed by atoms with Gasteiger partial charge in [0.15, 0.2) is 0 Å². The van der Waals surface area contributed by atoms with Crippen LogP contribution in [0.5, 0.6) is 0 Å². The molecular formula is C13H24BrNO. The Morgan fingerprint density at radius 2 is 2.00 bits per heavy atom. The quantitative estimate of drug-likeness (QED) is 0.713. The van der Waals surface area contributed by atoms with E-state index in [0.717, 1.165) is 37.2 Å². The topological polar surface area (TPSA) is 20.3 Å². The molecule has 94 valence electrons. The molecular weight excluding hydrogens is 266 g/mol.